The van der Waals surface area contributed by atoms with Crippen LogP contribution in [0.1, 0.15) is 17.7 Å². The van der Waals surface area contributed by atoms with Crippen molar-refractivity contribution in [2.45, 2.75) is 24.2 Å². The fourth-order valence-corrected chi connectivity index (χ4v) is 6.72. The SMILES string of the molecule is O=c1[nH]c2ccccc2c(=O)n1-c1cc(S(=O)(=O)N2CCCCc3sccc32)ccc1Cl. The normalized spacial score (nSPS) is 14.3. The average Bonchev–Trinajstić information content (AvgIpc) is 3.13. The third-order valence-corrected chi connectivity index (χ3v) is 8.66. The first-order valence-electron chi connectivity index (χ1n) is 10.0. The lowest BCUT2D eigenvalue weighted by Gasteiger charge is -2.23. The molecule has 3 heterocycles. The second-order valence-corrected chi connectivity index (χ2v) is 10.8. The van der Waals surface area contributed by atoms with Crippen molar-refractivity contribution in [2.24, 2.45) is 0 Å². The van der Waals surface area contributed by atoms with Crippen LogP contribution in [0.25, 0.3) is 16.6 Å². The van der Waals surface area contributed by atoms with Gasteiger partial charge in [-0.3, -0.25) is 9.10 Å². The van der Waals surface area contributed by atoms with Crippen LogP contribution in [-0.4, -0.2) is 24.5 Å². The largest absolute Gasteiger partial charge is 0.333 e. The lowest BCUT2D eigenvalue weighted by Crippen LogP contribution is -2.34. The molecular formula is C22H18ClN3O4S2. The number of aromatic nitrogens is 2. The highest BCUT2D eigenvalue weighted by Crippen LogP contribution is 2.35. The Morgan fingerprint density at radius 2 is 1.81 bits per heavy atom. The maximum absolute atomic E-state index is 13.6. The summed E-state index contributed by atoms with van der Waals surface area (Å²) >= 11 is 7.88. The molecule has 0 radical (unpaired) electrons. The maximum atomic E-state index is 13.6. The number of anilines is 1. The predicted octanol–water partition coefficient (Wildman–Crippen LogP) is 3.93. The van der Waals surface area contributed by atoms with Crippen LogP contribution in [-0.2, 0) is 16.4 Å². The van der Waals surface area contributed by atoms with E-state index in [1.807, 2.05) is 11.4 Å². The summed E-state index contributed by atoms with van der Waals surface area (Å²) in [6, 6.07) is 12.5. The number of hydrogen-bond acceptors (Lipinski definition) is 5. The van der Waals surface area contributed by atoms with E-state index in [1.54, 1.807) is 35.6 Å². The molecule has 0 spiro atoms. The van der Waals surface area contributed by atoms with Gasteiger partial charge in [0.2, 0.25) is 0 Å². The van der Waals surface area contributed by atoms with E-state index in [1.165, 1.54) is 22.5 Å². The van der Waals surface area contributed by atoms with Gasteiger partial charge in [-0.25, -0.2) is 17.8 Å². The van der Waals surface area contributed by atoms with Crippen molar-refractivity contribution in [1.82, 2.24) is 9.55 Å². The van der Waals surface area contributed by atoms with Gasteiger partial charge in [-0.1, -0.05) is 23.7 Å². The van der Waals surface area contributed by atoms with E-state index in [9.17, 15) is 18.0 Å². The first-order valence-corrected chi connectivity index (χ1v) is 12.7. The Hall–Kier alpha value is -2.88. The molecule has 4 aromatic rings. The minimum absolute atomic E-state index is 0.0186. The van der Waals surface area contributed by atoms with Gasteiger partial charge in [0.25, 0.3) is 15.6 Å². The number of thiophene rings is 1. The highest BCUT2D eigenvalue weighted by Gasteiger charge is 2.29. The first-order chi connectivity index (χ1) is 15.4. The van der Waals surface area contributed by atoms with E-state index in [-0.39, 0.29) is 15.6 Å². The molecule has 164 valence electrons. The van der Waals surface area contributed by atoms with Crippen molar-refractivity contribution in [1.29, 1.82) is 0 Å². The van der Waals surface area contributed by atoms with E-state index in [0.717, 1.165) is 28.7 Å². The summed E-state index contributed by atoms with van der Waals surface area (Å²) in [6.45, 7) is 0.362. The summed E-state index contributed by atoms with van der Waals surface area (Å²) in [5, 5.41) is 2.28. The van der Waals surface area contributed by atoms with Gasteiger partial charge in [-0.2, -0.15) is 0 Å². The molecule has 0 fully saturated rings. The molecule has 0 unspecified atom stereocenters. The molecule has 10 heteroatoms. The van der Waals surface area contributed by atoms with Crippen molar-refractivity contribution >= 4 is 49.6 Å². The van der Waals surface area contributed by atoms with Crippen LogP contribution >= 0.6 is 22.9 Å². The molecule has 0 bridgehead atoms. The molecule has 32 heavy (non-hydrogen) atoms. The van der Waals surface area contributed by atoms with Crippen LogP contribution in [0.3, 0.4) is 0 Å². The summed E-state index contributed by atoms with van der Waals surface area (Å²) in [6.07, 6.45) is 2.49. The van der Waals surface area contributed by atoms with E-state index in [2.05, 4.69) is 4.98 Å². The summed E-state index contributed by atoms with van der Waals surface area (Å²) in [4.78, 5) is 29.5. The number of sulfonamides is 1. The zero-order valence-corrected chi connectivity index (χ0v) is 19.1. The molecule has 1 aliphatic rings. The molecule has 1 aliphatic heterocycles. The Balaban J connectivity index is 1.69. The Morgan fingerprint density at radius 3 is 2.66 bits per heavy atom. The molecule has 0 amide bonds. The third-order valence-electron chi connectivity index (χ3n) is 5.56. The van der Waals surface area contributed by atoms with Crippen LogP contribution in [0.5, 0.6) is 0 Å². The molecule has 1 N–H and O–H groups in total. The molecular weight excluding hydrogens is 470 g/mol. The van der Waals surface area contributed by atoms with Crippen LogP contribution in [0, 0.1) is 0 Å². The highest BCUT2D eigenvalue weighted by molar-refractivity contribution is 7.92. The van der Waals surface area contributed by atoms with Gasteiger partial charge in [0.05, 0.1) is 32.2 Å². The van der Waals surface area contributed by atoms with Gasteiger partial charge in [0.15, 0.2) is 0 Å². The molecule has 7 nitrogen and oxygen atoms in total. The molecule has 0 saturated carbocycles. The van der Waals surface area contributed by atoms with Gasteiger partial charge in [0.1, 0.15) is 0 Å². The predicted molar refractivity (Wildman–Crippen MR) is 127 cm³/mol. The van der Waals surface area contributed by atoms with Crippen LogP contribution in [0.4, 0.5) is 5.69 Å². The van der Waals surface area contributed by atoms with Gasteiger partial charge in [-0.05, 0) is 61.0 Å². The van der Waals surface area contributed by atoms with Crippen LogP contribution in [0.2, 0.25) is 5.02 Å². The van der Waals surface area contributed by atoms with E-state index in [0.29, 0.717) is 23.1 Å². The minimum Gasteiger partial charge on any atom is -0.306 e. The van der Waals surface area contributed by atoms with E-state index in [4.69, 9.17) is 11.6 Å². The molecule has 2 aromatic heterocycles. The topological polar surface area (TPSA) is 92.2 Å². The lowest BCUT2D eigenvalue weighted by molar-refractivity contribution is 0.589. The van der Waals surface area contributed by atoms with Crippen LogP contribution in [0.15, 0.2) is 68.4 Å². The summed E-state index contributed by atoms with van der Waals surface area (Å²) in [5.74, 6) is 0. The number of benzene rings is 2. The van der Waals surface area contributed by atoms with Crippen molar-refractivity contribution in [3.8, 4) is 5.69 Å². The minimum atomic E-state index is -3.93. The van der Waals surface area contributed by atoms with Gasteiger partial charge in [-0.15, -0.1) is 11.3 Å². The van der Waals surface area contributed by atoms with Crippen molar-refractivity contribution in [2.75, 3.05) is 10.8 Å². The number of aromatic amines is 1. The smallest absolute Gasteiger partial charge is 0.306 e. The van der Waals surface area contributed by atoms with E-state index >= 15 is 0 Å². The van der Waals surface area contributed by atoms with Gasteiger partial charge < -0.3 is 4.98 Å². The van der Waals surface area contributed by atoms with Crippen LogP contribution < -0.4 is 15.6 Å². The fourth-order valence-electron chi connectivity index (χ4n) is 3.99. The second kappa shape index (κ2) is 7.91. The quantitative estimate of drug-likeness (QED) is 0.474. The van der Waals surface area contributed by atoms with Gasteiger partial charge >= 0.3 is 5.69 Å². The number of nitrogens with zero attached hydrogens (tertiary/aromatic N) is 2. The molecule has 0 saturated heterocycles. The van der Waals surface area contributed by atoms with Crippen molar-refractivity contribution in [3.05, 3.63) is 84.6 Å². The van der Waals surface area contributed by atoms with Gasteiger partial charge in [0, 0.05) is 11.4 Å². The van der Waals surface area contributed by atoms with E-state index < -0.39 is 21.3 Å². The zero-order chi connectivity index (χ0) is 22.5. The summed E-state index contributed by atoms with van der Waals surface area (Å²) in [7, 11) is -3.93. The number of aryl methyl sites for hydroxylation is 1. The Morgan fingerprint density at radius 1 is 1.00 bits per heavy atom. The summed E-state index contributed by atoms with van der Waals surface area (Å²) < 4.78 is 29.5. The zero-order valence-electron chi connectivity index (χ0n) is 16.7. The molecule has 0 atom stereocenters. The number of fused-ring (bicyclic) bond motifs is 2. The summed E-state index contributed by atoms with van der Waals surface area (Å²) in [5.41, 5.74) is -0.168. The molecule has 2 aromatic carbocycles. The maximum Gasteiger partial charge on any atom is 0.333 e. The fraction of sp³-hybridized carbons (Fsp3) is 0.182. The second-order valence-electron chi connectivity index (χ2n) is 7.49. The van der Waals surface area contributed by atoms with Crippen molar-refractivity contribution in [3.63, 3.8) is 0 Å². The third kappa shape index (κ3) is 3.37. The Bertz CT molecular complexity index is 1570. The average molecular weight is 488 g/mol. The molecule has 5 rings (SSSR count). The molecule has 0 aliphatic carbocycles. The standard InChI is InChI=1S/C22H18ClN3O4S2/c23-16-9-8-14(32(29,30)25-11-4-3-7-20-18(25)10-12-31-20)13-19(16)26-21(27)15-5-1-2-6-17(15)24-22(26)28/h1-2,5-6,8-10,12-13H,3-4,7,11H2,(H,24,28). The Labute approximate surface area is 192 Å². The number of nitrogens with one attached hydrogen (secondary N) is 1. The number of H-pyrrole nitrogens is 1. The number of para-hydroxylation sites is 1. The lowest BCUT2D eigenvalue weighted by atomic mass is 10.2. The number of hydrogen-bond donors (Lipinski definition) is 1. The Kier molecular flexibility index (Phi) is 5.19. The highest BCUT2D eigenvalue weighted by atomic mass is 35.5. The first kappa shape index (κ1) is 21.0. The number of halogens is 1. The van der Waals surface area contributed by atoms with Crippen molar-refractivity contribution < 1.29 is 8.42 Å². The monoisotopic (exact) mass is 487 g/mol. The number of rotatable bonds is 3.